The van der Waals surface area contributed by atoms with E-state index < -0.39 is 17.7 Å². The summed E-state index contributed by atoms with van der Waals surface area (Å²) in [6.45, 7) is 2.25. The number of hydrogen-bond acceptors (Lipinski definition) is 4. The molecule has 5 nitrogen and oxygen atoms in total. The normalized spacial score (nSPS) is 17.9. The molecule has 0 aliphatic heterocycles. The van der Waals surface area contributed by atoms with Gasteiger partial charge in [-0.15, -0.1) is 0 Å². The topological polar surface area (TPSA) is 67.8 Å². The molecule has 4 rings (SSSR count). The molecule has 8 heteroatoms. The lowest BCUT2D eigenvalue weighted by molar-refractivity contribution is -0.137. The average molecular weight is 512 g/mol. The first-order valence-corrected chi connectivity index (χ1v) is 11.8. The lowest BCUT2D eigenvalue weighted by Crippen LogP contribution is -2.25. The molecule has 3 aromatic carbocycles. The van der Waals surface area contributed by atoms with E-state index in [2.05, 4.69) is 5.32 Å². The Morgan fingerprint density at radius 2 is 1.68 bits per heavy atom. The molecule has 194 valence electrons. The Kier molecular flexibility index (Phi) is 7.47. The van der Waals surface area contributed by atoms with Crippen LogP contribution in [0.4, 0.5) is 13.2 Å². The van der Waals surface area contributed by atoms with Gasteiger partial charge >= 0.3 is 6.18 Å². The molecule has 1 amide bonds. The first-order valence-electron chi connectivity index (χ1n) is 11.8. The molecule has 2 unspecified atom stereocenters. The SMILES string of the molecule is COc1cc(C=C2c3ccc(C(F)(F)F)cc3C(CC(=O)NCc3ccccc3)C2C)cc(OC)c1O. The number of fused-ring (bicyclic) bond motifs is 1. The van der Waals surface area contributed by atoms with Crippen molar-refractivity contribution in [2.75, 3.05) is 14.2 Å². The first kappa shape index (κ1) is 26.1. The molecule has 0 radical (unpaired) electrons. The van der Waals surface area contributed by atoms with Gasteiger partial charge in [0, 0.05) is 13.0 Å². The predicted octanol–water partition coefficient (Wildman–Crippen LogP) is 6.41. The number of carbonyl (C=O) groups is 1. The van der Waals surface area contributed by atoms with Crippen molar-refractivity contribution in [2.45, 2.75) is 32.0 Å². The van der Waals surface area contributed by atoms with Crippen molar-refractivity contribution in [3.63, 3.8) is 0 Å². The smallest absolute Gasteiger partial charge is 0.416 e. The molecule has 1 aliphatic carbocycles. The molecule has 0 saturated carbocycles. The fourth-order valence-electron chi connectivity index (χ4n) is 4.78. The molecular formula is C29H28F3NO4. The van der Waals surface area contributed by atoms with Crippen LogP contribution < -0.4 is 14.8 Å². The van der Waals surface area contributed by atoms with Gasteiger partial charge in [0.15, 0.2) is 11.5 Å². The van der Waals surface area contributed by atoms with E-state index in [1.165, 1.54) is 20.3 Å². The second-order valence-electron chi connectivity index (χ2n) is 9.04. The number of rotatable bonds is 7. The van der Waals surface area contributed by atoms with Crippen LogP contribution in [-0.2, 0) is 17.5 Å². The Balaban J connectivity index is 1.70. The summed E-state index contributed by atoms with van der Waals surface area (Å²) in [5.41, 5.74) is 2.77. The number of methoxy groups -OCH3 is 2. The minimum absolute atomic E-state index is 0.0435. The number of hydrogen-bond donors (Lipinski definition) is 2. The number of nitrogens with one attached hydrogen (secondary N) is 1. The van der Waals surface area contributed by atoms with E-state index in [0.29, 0.717) is 23.2 Å². The number of allylic oxidation sites excluding steroid dienone is 1. The number of ether oxygens (including phenoxy) is 2. The highest BCUT2D eigenvalue weighted by Crippen LogP contribution is 2.50. The van der Waals surface area contributed by atoms with Crippen LogP contribution in [0.5, 0.6) is 17.2 Å². The standard InChI is InChI=1S/C29H28F3NO4/c1-17-22(11-19-12-25(36-2)28(35)26(13-19)37-3)21-10-9-20(29(30,31)32)14-24(21)23(17)15-27(34)33-16-18-7-5-4-6-8-18/h4-14,17,23,35H,15-16H2,1-3H3,(H,33,34). The Labute approximate surface area is 213 Å². The van der Waals surface area contributed by atoms with Gasteiger partial charge in [-0.05, 0) is 63.9 Å². The third kappa shape index (κ3) is 5.58. The van der Waals surface area contributed by atoms with Gasteiger partial charge in [0.1, 0.15) is 0 Å². The number of amides is 1. The fraction of sp³-hybridized carbons (Fsp3) is 0.276. The van der Waals surface area contributed by atoms with Crippen molar-refractivity contribution in [1.29, 1.82) is 0 Å². The van der Waals surface area contributed by atoms with Gasteiger partial charge in [-0.3, -0.25) is 4.79 Å². The second kappa shape index (κ2) is 10.6. The molecule has 37 heavy (non-hydrogen) atoms. The van der Waals surface area contributed by atoms with E-state index in [9.17, 15) is 23.1 Å². The minimum atomic E-state index is -4.50. The van der Waals surface area contributed by atoms with Gasteiger partial charge < -0.3 is 19.9 Å². The number of phenolic OH excluding ortho intramolecular Hbond substituents is 1. The van der Waals surface area contributed by atoms with E-state index in [1.807, 2.05) is 43.3 Å². The van der Waals surface area contributed by atoms with Gasteiger partial charge in [-0.1, -0.05) is 49.4 Å². The summed E-state index contributed by atoms with van der Waals surface area (Å²) in [6.07, 6.45) is -2.62. The highest BCUT2D eigenvalue weighted by Gasteiger charge is 2.38. The van der Waals surface area contributed by atoms with E-state index in [0.717, 1.165) is 23.3 Å². The fourth-order valence-corrected chi connectivity index (χ4v) is 4.78. The summed E-state index contributed by atoms with van der Waals surface area (Å²) in [4.78, 5) is 12.9. The first-order chi connectivity index (χ1) is 17.6. The highest BCUT2D eigenvalue weighted by atomic mass is 19.4. The Morgan fingerprint density at radius 3 is 2.27 bits per heavy atom. The molecule has 3 aromatic rings. The number of carbonyl (C=O) groups excluding carboxylic acids is 1. The maximum Gasteiger partial charge on any atom is 0.416 e. The maximum absolute atomic E-state index is 13.6. The molecular weight excluding hydrogens is 483 g/mol. The summed E-state index contributed by atoms with van der Waals surface area (Å²) in [5, 5.41) is 13.1. The lowest BCUT2D eigenvalue weighted by atomic mass is 9.88. The van der Waals surface area contributed by atoms with Crippen LogP contribution in [0.25, 0.3) is 11.6 Å². The van der Waals surface area contributed by atoms with Crippen molar-refractivity contribution in [2.24, 2.45) is 5.92 Å². The molecule has 1 aliphatic rings. The van der Waals surface area contributed by atoms with Gasteiger partial charge in [0.2, 0.25) is 11.7 Å². The van der Waals surface area contributed by atoms with Crippen molar-refractivity contribution in [3.8, 4) is 17.2 Å². The number of aromatic hydroxyl groups is 1. The van der Waals surface area contributed by atoms with Crippen molar-refractivity contribution >= 4 is 17.6 Å². The van der Waals surface area contributed by atoms with Crippen LogP contribution in [0.15, 0.2) is 60.7 Å². The van der Waals surface area contributed by atoms with Crippen LogP contribution in [0.2, 0.25) is 0 Å². The minimum Gasteiger partial charge on any atom is -0.502 e. The third-order valence-corrected chi connectivity index (χ3v) is 6.75. The molecule has 0 heterocycles. The molecule has 0 aromatic heterocycles. The number of halogens is 3. The predicted molar refractivity (Wildman–Crippen MR) is 135 cm³/mol. The van der Waals surface area contributed by atoms with Crippen molar-refractivity contribution < 1.29 is 32.5 Å². The molecule has 2 N–H and O–H groups in total. The van der Waals surface area contributed by atoms with Crippen molar-refractivity contribution in [1.82, 2.24) is 5.32 Å². The number of phenols is 1. The Hall–Kier alpha value is -3.94. The molecule has 0 spiro atoms. The maximum atomic E-state index is 13.6. The highest BCUT2D eigenvalue weighted by molar-refractivity contribution is 5.90. The Bertz CT molecular complexity index is 1290. The zero-order valence-electron chi connectivity index (χ0n) is 20.7. The van der Waals surface area contributed by atoms with Crippen LogP contribution in [-0.4, -0.2) is 25.2 Å². The Morgan fingerprint density at radius 1 is 1.03 bits per heavy atom. The number of benzene rings is 3. The van der Waals surface area contributed by atoms with Crippen LogP contribution in [0, 0.1) is 5.92 Å². The zero-order valence-corrected chi connectivity index (χ0v) is 20.7. The van der Waals surface area contributed by atoms with Gasteiger partial charge in [-0.2, -0.15) is 13.2 Å². The molecule has 2 atom stereocenters. The number of alkyl halides is 3. The largest absolute Gasteiger partial charge is 0.502 e. The van der Waals surface area contributed by atoms with Gasteiger partial charge in [0.05, 0.1) is 19.8 Å². The third-order valence-electron chi connectivity index (χ3n) is 6.75. The summed E-state index contributed by atoms with van der Waals surface area (Å²) in [7, 11) is 2.84. The molecule has 0 fully saturated rings. The second-order valence-corrected chi connectivity index (χ2v) is 9.04. The monoisotopic (exact) mass is 511 g/mol. The van der Waals surface area contributed by atoms with Crippen LogP contribution >= 0.6 is 0 Å². The summed E-state index contributed by atoms with van der Waals surface area (Å²) in [6, 6.07) is 16.4. The van der Waals surface area contributed by atoms with E-state index in [1.54, 1.807) is 12.1 Å². The van der Waals surface area contributed by atoms with E-state index >= 15 is 0 Å². The lowest BCUT2D eigenvalue weighted by Gasteiger charge is -2.18. The molecule has 0 bridgehead atoms. The van der Waals surface area contributed by atoms with Gasteiger partial charge in [0.25, 0.3) is 0 Å². The van der Waals surface area contributed by atoms with E-state index in [-0.39, 0.29) is 35.5 Å². The van der Waals surface area contributed by atoms with Crippen LogP contribution in [0.1, 0.15) is 47.1 Å². The quantitative estimate of drug-likeness (QED) is 0.385. The summed E-state index contributed by atoms with van der Waals surface area (Å²) >= 11 is 0. The average Bonchev–Trinajstić information content (AvgIpc) is 3.13. The van der Waals surface area contributed by atoms with Crippen LogP contribution in [0.3, 0.4) is 0 Å². The summed E-state index contributed by atoms with van der Waals surface area (Å²) in [5.74, 6) is -0.650. The van der Waals surface area contributed by atoms with E-state index in [4.69, 9.17) is 9.47 Å². The molecule has 0 saturated heterocycles. The summed E-state index contributed by atoms with van der Waals surface area (Å²) < 4.78 is 51.1. The van der Waals surface area contributed by atoms with Crippen molar-refractivity contribution in [3.05, 3.63) is 88.5 Å². The zero-order chi connectivity index (χ0) is 26.7. The van der Waals surface area contributed by atoms with Gasteiger partial charge in [-0.25, -0.2) is 0 Å².